The molecule has 18 heavy (non-hydrogen) atoms. The van der Waals surface area contributed by atoms with Crippen molar-refractivity contribution in [3.8, 4) is 0 Å². The Morgan fingerprint density at radius 3 is 2.78 bits per heavy atom. The molecule has 100 valence electrons. The first kappa shape index (κ1) is 13.7. The van der Waals surface area contributed by atoms with Gasteiger partial charge in [-0.15, -0.1) is 0 Å². The van der Waals surface area contributed by atoms with Gasteiger partial charge in [-0.1, -0.05) is 24.6 Å². The van der Waals surface area contributed by atoms with Crippen molar-refractivity contribution in [2.75, 3.05) is 24.6 Å². The van der Waals surface area contributed by atoms with Gasteiger partial charge in [0.05, 0.1) is 6.61 Å². The first-order valence-corrected chi connectivity index (χ1v) is 7.00. The molecule has 1 aliphatic carbocycles. The van der Waals surface area contributed by atoms with Crippen LogP contribution in [0.15, 0.2) is 18.2 Å². The molecule has 0 radical (unpaired) electrons. The lowest BCUT2D eigenvalue weighted by Crippen LogP contribution is -2.28. The van der Waals surface area contributed by atoms with Crippen molar-refractivity contribution in [2.45, 2.75) is 32.4 Å². The van der Waals surface area contributed by atoms with Gasteiger partial charge >= 0.3 is 0 Å². The summed E-state index contributed by atoms with van der Waals surface area (Å²) in [5.41, 5.74) is 2.25. The first-order chi connectivity index (χ1) is 8.76. The van der Waals surface area contributed by atoms with E-state index in [0.29, 0.717) is 12.6 Å². The lowest BCUT2D eigenvalue weighted by Gasteiger charge is -2.24. The van der Waals surface area contributed by atoms with Crippen LogP contribution in [0.4, 0.5) is 5.69 Å². The van der Waals surface area contributed by atoms with E-state index < -0.39 is 0 Å². The van der Waals surface area contributed by atoms with E-state index in [0.717, 1.165) is 29.4 Å². The van der Waals surface area contributed by atoms with E-state index in [2.05, 4.69) is 29.3 Å². The van der Waals surface area contributed by atoms with E-state index in [1.54, 1.807) is 0 Å². The maximum atomic E-state index is 9.13. The van der Waals surface area contributed by atoms with E-state index in [-0.39, 0.29) is 6.61 Å². The van der Waals surface area contributed by atoms with Crippen LogP contribution in [0, 0.1) is 0 Å². The van der Waals surface area contributed by atoms with Gasteiger partial charge < -0.3 is 15.3 Å². The Balaban J connectivity index is 2.10. The van der Waals surface area contributed by atoms with Gasteiger partial charge in [-0.05, 0) is 37.1 Å². The van der Waals surface area contributed by atoms with Crippen molar-refractivity contribution < 1.29 is 5.11 Å². The SMILES string of the molecule is CCNCc1ccc(N(CCO)C2CC2)cc1Cl. The molecule has 0 spiro atoms. The van der Waals surface area contributed by atoms with Gasteiger partial charge in [0.1, 0.15) is 0 Å². The summed E-state index contributed by atoms with van der Waals surface area (Å²) >= 11 is 6.31. The highest BCUT2D eigenvalue weighted by Gasteiger charge is 2.28. The van der Waals surface area contributed by atoms with Gasteiger partial charge in [0.25, 0.3) is 0 Å². The van der Waals surface area contributed by atoms with E-state index in [4.69, 9.17) is 16.7 Å². The predicted molar refractivity (Wildman–Crippen MR) is 76.3 cm³/mol. The van der Waals surface area contributed by atoms with Crippen molar-refractivity contribution >= 4 is 17.3 Å². The van der Waals surface area contributed by atoms with Crippen LogP contribution in [0.25, 0.3) is 0 Å². The Morgan fingerprint density at radius 1 is 1.44 bits per heavy atom. The van der Waals surface area contributed by atoms with Crippen molar-refractivity contribution in [3.05, 3.63) is 28.8 Å². The lowest BCUT2D eigenvalue weighted by atomic mass is 10.2. The van der Waals surface area contributed by atoms with Crippen molar-refractivity contribution in [3.63, 3.8) is 0 Å². The molecule has 1 aliphatic rings. The highest BCUT2D eigenvalue weighted by atomic mass is 35.5. The monoisotopic (exact) mass is 268 g/mol. The topological polar surface area (TPSA) is 35.5 Å². The van der Waals surface area contributed by atoms with E-state index >= 15 is 0 Å². The van der Waals surface area contributed by atoms with Gasteiger partial charge in [0.15, 0.2) is 0 Å². The molecule has 1 fully saturated rings. The fourth-order valence-electron chi connectivity index (χ4n) is 2.13. The third kappa shape index (κ3) is 3.37. The summed E-state index contributed by atoms with van der Waals surface area (Å²) in [4.78, 5) is 2.25. The third-order valence-electron chi connectivity index (χ3n) is 3.26. The molecule has 0 amide bonds. The minimum Gasteiger partial charge on any atom is -0.395 e. The maximum Gasteiger partial charge on any atom is 0.0606 e. The molecule has 2 rings (SSSR count). The second-order valence-electron chi connectivity index (χ2n) is 4.70. The Bertz CT molecular complexity index is 393. The Morgan fingerprint density at radius 2 is 2.22 bits per heavy atom. The fraction of sp³-hybridized carbons (Fsp3) is 0.571. The number of hydrogen-bond donors (Lipinski definition) is 2. The second kappa shape index (κ2) is 6.41. The summed E-state index contributed by atoms with van der Waals surface area (Å²) in [7, 11) is 0. The van der Waals surface area contributed by atoms with Crippen LogP contribution in [0.1, 0.15) is 25.3 Å². The quantitative estimate of drug-likeness (QED) is 0.797. The average Bonchev–Trinajstić information content (AvgIpc) is 3.19. The number of aliphatic hydroxyl groups excluding tert-OH is 1. The third-order valence-corrected chi connectivity index (χ3v) is 3.61. The standard InChI is InChI=1S/C14H21ClN2O/c1-2-16-10-11-3-4-13(9-14(11)15)17(7-8-18)12-5-6-12/h3-4,9,12,16,18H,2,5-8,10H2,1H3. The van der Waals surface area contributed by atoms with Crippen molar-refractivity contribution in [1.82, 2.24) is 5.32 Å². The van der Waals surface area contributed by atoms with Crippen LogP contribution >= 0.6 is 11.6 Å². The number of benzene rings is 1. The highest BCUT2D eigenvalue weighted by molar-refractivity contribution is 6.31. The summed E-state index contributed by atoms with van der Waals surface area (Å²) in [6, 6.07) is 6.79. The summed E-state index contributed by atoms with van der Waals surface area (Å²) < 4.78 is 0. The van der Waals surface area contributed by atoms with Crippen LogP contribution in [0.5, 0.6) is 0 Å². The number of rotatable bonds is 7. The first-order valence-electron chi connectivity index (χ1n) is 6.63. The zero-order valence-corrected chi connectivity index (χ0v) is 11.6. The van der Waals surface area contributed by atoms with Gasteiger partial charge in [0, 0.05) is 29.8 Å². The second-order valence-corrected chi connectivity index (χ2v) is 5.11. The molecule has 0 heterocycles. The van der Waals surface area contributed by atoms with Crippen LogP contribution < -0.4 is 10.2 Å². The van der Waals surface area contributed by atoms with E-state index in [9.17, 15) is 0 Å². The molecule has 0 atom stereocenters. The Labute approximate surface area is 114 Å². The van der Waals surface area contributed by atoms with Gasteiger partial charge in [-0.25, -0.2) is 0 Å². The van der Waals surface area contributed by atoms with E-state index in [1.165, 1.54) is 12.8 Å². The maximum absolute atomic E-state index is 9.13. The van der Waals surface area contributed by atoms with Crippen LogP contribution in [-0.4, -0.2) is 30.8 Å². The highest BCUT2D eigenvalue weighted by Crippen LogP contribution is 2.33. The lowest BCUT2D eigenvalue weighted by molar-refractivity contribution is 0.301. The minimum absolute atomic E-state index is 0.188. The molecule has 0 aliphatic heterocycles. The molecule has 4 heteroatoms. The number of halogens is 1. The summed E-state index contributed by atoms with van der Waals surface area (Å²) in [6.07, 6.45) is 2.44. The molecular formula is C14H21ClN2O. The number of nitrogens with zero attached hydrogens (tertiary/aromatic N) is 1. The fourth-order valence-corrected chi connectivity index (χ4v) is 2.38. The van der Waals surface area contributed by atoms with Crippen LogP contribution in [-0.2, 0) is 6.54 Å². The number of aliphatic hydroxyl groups is 1. The molecular weight excluding hydrogens is 248 g/mol. The van der Waals surface area contributed by atoms with Crippen molar-refractivity contribution in [1.29, 1.82) is 0 Å². The molecule has 1 saturated carbocycles. The van der Waals surface area contributed by atoms with Crippen LogP contribution in [0.2, 0.25) is 5.02 Å². The molecule has 0 unspecified atom stereocenters. The number of hydrogen-bond acceptors (Lipinski definition) is 3. The normalized spacial score (nSPS) is 14.8. The van der Waals surface area contributed by atoms with Gasteiger partial charge in [-0.3, -0.25) is 0 Å². The molecule has 2 N–H and O–H groups in total. The zero-order valence-electron chi connectivity index (χ0n) is 10.8. The van der Waals surface area contributed by atoms with Gasteiger partial charge in [0.2, 0.25) is 0 Å². The van der Waals surface area contributed by atoms with E-state index in [1.807, 2.05) is 6.07 Å². The zero-order chi connectivity index (χ0) is 13.0. The molecule has 1 aromatic carbocycles. The molecule has 3 nitrogen and oxygen atoms in total. The average molecular weight is 269 g/mol. The largest absolute Gasteiger partial charge is 0.395 e. The molecule has 0 saturated heterocycles. The number of nitrogens with one attached hydrogen (secondary N) is 1. The Kier molecular flexibility index (Phi) is 4.87. The summed E-state index contributed by atoms with van der Waals surface area (Å²) in [5.74, 6) is 0. The Hall–Kier alpha value is -0.770. The van der Waals surface area contributed by atoms with Crippen LogP contribution in [0.3, 0.4) is 0 Å². The molecule has 1 aromatic rings. The van der Waals surface area contributed by atoms with Crippen molar-refractivity contribution in [2.24, 2.45) is 0 Å². The molecule has 0 aromatic heterocycles. The summed E-state index contributed by atoms with van der Waals surface area (Å²) in [5, 5.41) is 13.2. The smallest absolute Gasteiger partial charge is 0.0606 e. The summed E-state index contributed by atoms with van der Waals surface area (Å²) in [6.45, 7) is 4.70. The van der Waals surface area contributed by atoms with Gasteiger partial charge in [-0.2, -0.15) is 0 Å². The molecule has 0 bridgehead atoms. The number of anilines is 1. The minimum atomic E-state index is 0.188. The predicted octanol–water partition coefficient (Wildman–Crippen LogP) is 2.41.